The molecule has 0 unspecified atom stereocenters. The van der Waals surface area contributed by atoms with E-state index in [0.29, 0.717) is 5.69 Å². The molecule has 1 amide bonds. The lowest BCUT2D eigenvalue weighted by Crippen LogP contribution is -2.19. The fraction of sp³-hybridized carbons (Fsp3) is 0.0667. The van der Waals surface area contributed by atoms with E-state index in [2.05, 4.69) is 5.10 Å². The molecule has 0 atom stereocenters. The van der Waals surface area contributed by atoms with E-state index in [9.17, 15) is 18.0 Å². The quantitative estimate of drug-likeness (QED) is 0.609. The summed E-state index contributed by atoms with van der Waals surface area (Å²) in [5.41, 5.74) is 0.0183. The van der Waals surface area contributed by atoms with Crippen LogP contribution in [0.25, 0.3) is 0 Å². The van der Waals surface area contributed by atoms with E-state index in [0.717, 1.165) is 11.1 Å². The van der Waals surface area contributed by atoms with E-state index < -0.39 is 33.9 Å². The van der Waals surface area contributed by atoms with Crippen LogP contribution in [0.1, 0.15) is 12.0 Å². The molecule has 22 heavy (non-hydrogen) atoms. The number of halogens is 4. The Labute approximate surface area is 128 Å². The van der Waals surface area contributed by atoms with E-state index in [4.69, 9.17) is 11.6 Å². The average molecular weight is 325 g/mol. The van der Waals surface area contributed by atoms with Crippen LogP contribution in [0, 0.1) is 17.5 Å². The Kier molecular flexibility index (Phi) is 3.62. The average Bonchev–Trinajstić information content (AvgIpc) is 2.91. The normalized spacial score (nSPS) is 14.5. The number of benzene rings is 2. The summed E-state index contributed by atoms with van der Waals surface area (Å²) in [6.07, 6.45) is -0.258. The molecule has 1 aliphatic rings. The molecule has 2 aromatic carbocycles. The van der Waals surface area contributed by atoms with Crippen molar-refractivity contribution in [3.05, 3.63) is 64.4 Å². The van der Waals surface area contributed by atoms with Crippen LogP contribution in [-0.4, -0.2) is 11.6 Å². The fourth-order valence-electron chi connectivity index (χ4n) is 2.13. The summed E-state index contributed by atoms with van der Waals surface area (Å²) >= 11 is 5.31. The number of amides is 1. The minimum Gasteiger partial charge on any atom is -0.272 e. The van der Waals surface area contributed by atoms with Gasteiger partial charge in [-0.15, -0.1) is 0 Å². The van der Waals surface area contributed by atoms with Gasteiger partial charge < -0.3 is 0 Å². The molecule has 112 valence electrons. The molecular weight excluding hydrogens is 317 g/mol. The number of nitrogens with zero attached hydrogens (tertiary/aromatic N) is 2. The van der Waals surface area contributed by atoms with Crippen molar-refractivity contribution in [1.82, 2.24) is 0 Å². The highest BCUT2D eigenvalue weighted by atomic mass is 35.5. The van der Waals surface area contributed by atoms with Crippen molar-refractivity contribution in [2.24, 2.45) is 5.10 Å². The van der Waals surface area contributed by atoms with Gasteiger partial charge in [-0.3, -0.25) is 4.79 Å². The number of anilines is 1. The van der Waals surface area contributed by atoms with Crippen molar-refractivity contribution in [2.45, 2.75) is 6.42 Å². The molecule has 0 fully saturated rings. The second-order valence-electron chi connectivity index (χ2n) is 4.61. The molecular formula is C15H8ClF3N2O. The Balaban J connectivity index is 2.06. The predicted molar refractivity (Wildman–Crippen MR) is 76.4 cm³/mol. The Morgan fingerprint density at radius 1 is 1.09 bits per heavy atom. The third kappa shape index (κ3) is 2.35. The van der Waals surface area contributed by atoms with Gasteiger partial charge in [-0.2, -0.15) is 5.10 Å². The Morgan fingerprint density at radius 2 is 1.77 bits per heavy atom. The van der Waals surface area contributed by atoms with Gasteiger partial charge in [0.1, 0.15) is 10.8 Å². The van der Waals surface area contributed by atoms with E-state index in [1.165, 1.54) is 0 Å². The van der Waals surface area contributed by atoms with Crippen molar-refractivity contribution in [1.29, 1.82) is 0 Å². The first-order valence-electron chi connectivity index (χ1n) is 6.28. The summed E-state index contributed by atoms with van der Waals surface area (Å²) in [5, 5.41) is 4.11. The molecule has 0 radical (unpaired) electrons. The van der Waals surface area contributed by atoms with Crippen LogP contribution >= 0.6 is 11.6 Å². The molecule has 1 aliphatic heterocycles. The number of carbonyl (C=O) groups excluding carboxylic acids is 1. The summed E-state index contributed by atoms with van der Waals surface area (Å²) in [4.78, 5) is 12.0. The first-order chi connectivity index (χ1) is 10.5. The van der Waals surface area contributed by atoms with Gasteiger partial charge >= 0.3 is 0 Å². The number of hydrazone groups is 1. The topological polar surface area (TPSA) is 32.7 Å². The first kappa shape index (κ1) is 14.6. The van der Waals surface area contributed by atoms with Gasteiger partial charge in [-0.1, -0.05) is 29.8 Å². The predicted octanol–water partition coefficient (Wildman–Crippen LogP) is 3.90. The van der Waals surface area contributed by atoms with Gasteiger partial charge in [0.05, 0.1) is 17.8 Å². The molecule has 0 saturated heterocycles. The van der Waals surface area contributed by atoms with Crippen molar-refractivity contribution in [3.8, 4) is 0 Å². The highest BCUT2D eigenvalue weighted by Crippen LogP contribution is 2.28. The standard InChI is InChI=1S/C15H8ClF3N2O/c16-13-10(17)6-9(14(18)15(13)19)11-7-12(22)21(20-11)8-4-2-1-3-5-8/h1-6H,7H2. The van der Waals surface area contributed by atoms with Crippen molar-refractivity contribution < 1.29 is 18.0 Å². The van der Waals surface area contributed by atoms with Crippen LogP contribution in [0.15, 0.2) is 41.5 Å². The summed E-state index contributed by atoms with van der Waals surface area (Å²) in [7, 11) is 0. The van der Waals surface area contributed by atoms with E-state index >= 15 is 0 Å². The van der Waals surface area contributed by atoms with Crippen LogP contribution in [0.3, 0.4) is 0 Å². The molecule has 3 rings (SSSR count). The third-order valence-electron chi connectivity index (χ3n) is 3.19. The van der Waals surface area contributed by atoms with Crippen molar-refractivity contribution in [2.75, 3.05) is 5.01 Å². The van der Waals surface area contributed by atoms with Crippen LogP contribution in [0.2, 0.25) is 5.02 Å². The Bertz CT molecular complexity index is 793. The summed E-state index contributed by atoms with van der Waals surface area (Å²) in [5.74, 6) is -4.35. The molecule has 0 bridgehead atoms. The largest absolute Gasteiger partial charge is 0.272 e. The zero-order chi connectivity index (χ0) is 15.9. The third-order valence-corrected chi connectivity index (χ3v) is 3.54. The number of rotatable bonds is 2. The van der Waals surface area contributed by atoms with Gasteiger partial charge in [0.25, 0.3) is 5.91 Å². The maximum atomic E-state index is 13.9. The van der Waals surface area contributed by atoms with Crippen LogP contribution in [0.4, 0.5) is 18.9 Å². The number of hydrogen-bond donors (Lipinski definition) is 0. The highest BCUT2D eigenvalue weighted by molar-refractivity contribution is 6.31. The maximum Gasteiger partial charge on any atom is 0.253 e. The minimum atomic E-state index is -1.50. The van der Waals surface area contributed by atoms with E-state index in [-0.39, 0.29) is 12.1 Å². The Morgan fingerprint density at radius 3 is 2.45 bits per heavy atom. The first-order valence-corrected chi connectivity index (χ1v) is 6.65. The molecule has 1 heterocycles. The number of hydrogen-bond acceptors (Lipinski definition) is 2. The highest BCUT2D eigenvalue weighted by Gasteiger charge is 2.30. The van der Waals surface area contributed by atoms with Crippen molar-refractivity contribution in [3.63, 3.8) is 0 Å². The lowest BCUT2D eigenvalue weighted by molar-refractivity contribution is -0.116. The van der Waals surface area contributed by atoms with Crippen LogP contribution < -0.4 is 5.01 Å². The van der Waals surface area contributed by atoms with Gasteiger partial charge in [0.2, 0.25) is 0 Å². The lowest BCUT2D eigenvalue weighted by atomic mass is 10.1. The second kappa shape index (κ2) is 5.46. The lowest BCUT2D eigenvalue weighted by Gasteiger charge is -2.10. The van der Waals surface area contributed by atoms with E-state index in [1.807, 2.05) is 0 Å². The fourth-order valence-corrected chi connectivity index (χ4v) is 2.27. The minimum absolute atomic E-state index is 0.0548. The summed E-state index contributed by atoms with van der Waals surface area (Å²) in [6, 6.07) is 9.20. The zero-order valence-electron chi connectivity index (χ0n) is 11.0. The molecule has 0 N–H and O–H groups in total. The summed E-state index contributed by atoms with van der Waals surface area (Å²) in [6.45, 7) is 0. The smallest absolute Gasteiger partial charge is 0.253 e. The van der Waals surface area contributed by atoms with Gasteiger partial charge in [0, 0.05) is 5.56 Å². The van der Waals surface area contributed by atoms with Gasteiger partial charge in [0.15, 0.2) is 11.6 Å². The number of para-hydroxylation sites is 1. The molecule has 0 aromatic heterocycles. The SMILES string of the molecule is O=C1CC(c2cc(F)c(Cl)c(F)c2F)=NN1c1ccccc1. The molecule has 2 aromatic rings. The molecule has 0 spiro atoms. The molecule has 0 saturated carbocycles. The maximum absolute atomic E-state index is 13.9. The molecule has 3 nitrogen and oxygen atoms in total. The second-order valence-corrected chi connectivity index (χ2v) is 4.99. The molecule has 7 heteroatoms. The molecule has 0 aliphatic carbocycles. The van der Waals surface area contributed by atoms with Crippen LogP contribution in [-0.2, 0) is 4.79 Å². The van der Waals surface area contributed by atoms with E-state index in [1.54, 1.807) is 30.3 Å². The van der Waals surface area contributed by atoms with Gasteiger partial charge in [-0.25, -0.2) is 18.2 Å². The Hall–Kier alpha value is -2.34. The van der Waals surface area contributed by atoms with Crippen LogP contribution in [0.5, 0.6) is 0 Å². The summed E-state index contributed by atoms with van der Waals surface area (Å²) < 4.78 is 40.9. The van der Waals surface area contributed by atoms with Crippen molar-refractivity contribution >= 4 is 28.9 Å². The number of carbonyl (C=O) groups is 1. The van der Waals surface area contributed by atoms with Gasteiger partial charge in [-0.05, 0) is 18.2 Å². The zero-order valence-corrected chi connectivity index (χ0v) is 11.7. The monoisotopic (exact) mass is 324 g/mol.